The lowest BCUT2D eigenvalue weighted by Crippen LogP contribution is -2.34. The molecule has 20 heavy (non-hydrogen) atoms. The van der Waals surface area contributed by atoms with E-state index in [0.29, 0.717) is 5.91 Å². The summed E-state index contributed by atoms with van der Waals surface area (Å²) in [6.07, 6.45) is 13.5. The molecule has 0 aliphatic heterocycles. The molecule has 2 heteroatoms. The summed E-state index contributed by atoms with van der Waals surface area (Å²) in [7, 11) is 0. The second-order valence-corrected chi connectivity index (χ2v) is 6.25. The maximum atomic E-state index is 11.9. The van der Waals surface area contributed by atoms with Crippen molar-refractivity contribution in [3.8, 4) is 0 Å². The minimum absolute atomic E-state index is 0.137. The molecule has 0 aromatic heterocycles. The van der Waals surface area contributed by atoms with Crippen LogP contribution in [0.5, 0.6) is 0 Å². The average Bonchev–Trinajstić information content (AvgIpc) is 2.44. The third kappa shape index (κ3) is 10.3. The van der Waals surface area contributed by atoms with E-state index in [1.807, 2.05) is 18.7 Å². The maximum absolute atomic E-state index is 11.9. The predicted octanol–water partition coefficient (Wildman–Crippen LogP) is 5.41. The Morgan fingerprint density at radius 1 is 0.800 bits per heavy atom. The normalized spacial score (nSPS) is 11.1. The van der Waals surface area contributed by atoms with E-state index < -0.39 is 0 Å². The lowest BCUT2D eigenvalue weighted by atomic mass is 10.1. The Bertz CT molecular complexity index is 225. The molecule has 0 atom stereocenters. The average molecular weight is 284 g/mol. The van der Waals surface area contributed by atoms with Gasteiger partial charge in [-0.25, -0.2) is 0 Å². The van der Waals surface area contributed by atoms with Crippen LogP contribution in [0.1, 0.15) is 91.9 Å². The van der Waals surface area contributed by atoms with Gasteiger partial charge in [0.1, 0.15) is 0 Å². The van der Waals surface area contributed by atoms with E-state index >= 15 is 0 Å². The topological polar surface area (TPSA) is 20.3 Å². The first-order valence-corrected chi connectivity index (χ1v) is 8.92. The van der Waals surface area contributed by atoms with Gasteiger partial charge in [0, 0.05) is 19.0 Å². The predicted molar refractivity (Wildman–Crippen MR) is 88.9 cm³/mol. The maximum Gasteiger partial charge on any atom is 0.225 e. The van der Waals surface area contributed by atoms with E-state index in [1.165, 1.54) is 64.2 Å². The number of hydrogen-bond donors (Lipinski definition) is 0. The highest BCUT2D eigenvalue weighted by Crippen LogP contribution is 2.11. The number of carbonyl (C=O) groups excluding carboxylic acids is 1. The molecule has 0 unspecified atom stereocenters. The highest BCUT2D eigenvalue weighted by atomic mass is 16.2. The lowest BCUT2D eigenvalue weighted by molar-refractivity contribution is -0.134. The molecular formula is C18H37NO. The number of carbonyl (C=O) groups is 1. The van der Waals surface area contributed by atoms with Crippen LogP contribution in [0.3, 0.4) is 0 Å². The molecule has 0 aliphatic rings. The molecule has 0 bridgehead atoms. The van der Waals surface area contributed by atoms with Crippen LogP contribution in [-0.4, -0.2) is 23.9 Å². The van der Waals surface area contributed by atoms with E-state index in [-0.39, 0.29) is 5.92 Å². The second-order valence-electron chi connectivity index (χ2n) is 6.25. The number of amides is 1. The Morgan fingerprint density at radius 3 is 1.65 bits per heavy atom. The summed E-state index contributed by atoms with van der Waals surface area (Å²) in [5, 5.41) is 0. The molecule has 0 saturated carbocycles. The Kier molecular flexibility index (Phi) is 13.1. The van der Waals surface area contributed by atoms with E-state index in [4.69, 9.17) is 0 Å². The molecule has 0 heterocycles. The third-order valence-electron chi connectivity index (χ3n) is 3.97. The van der Waals surface area contributed by atoms with Gasteiger partial charge in [0.25, 0.3) is 0 Å². The van der Waals surface area contributed by atoms with Crippen LogP contribution in [0.15, 0.2) is 0 Å². The monoisotopic (exact) mass is 283 g/mol. The van der Waals surface area contributed by atoms with Crippen LogP contribution in [0.25, 0.3) is 0 Å². The van der Waals surface area contributed by atoms with Gasteiger partial charge in [-0.1, -0.05) is 78.6 Å². The first-order chi connectivity index (χ1) is 9.63. The van der Waals surface area contributed by atoms with Gasteiger partial charge in [-0.2, -0.15) is 0 Å². The van der Waals surface area contributed by atoms with Crippen molar-refractivity contribution in [2.45, 2.75) is 91.9 Å². The molecule has 2 nitrogen and oxygen atoms in total. The number of nitrogens with zero attached hydrogens (tertiary/aromatic N) is 1. The standard InChI is InChI=1S/C18H37NO/c1-5-7-8-9-10-11-12-13-14-15-16-19(6-2)18(20)17(3)4/h17H,5-16H2,1-4H3. The molecule has 1 amide bonds. The fourth-order valence-electron chi connectivity index (χ4n) is 2.58. The first kappa shape index (κ1) is 19.5. The zero-order chi connectivity index (χ0) is 15.2. The fourth-order valence-corrected chi connectivity index (χ4v) is 2.58. The fraction of sp³-hybridized carbons (Fsp3) is 0.944. The molecule has 0 fully saturated rings. The SMILES string of the molecule is CCCCCCCCCCCCN(CC)C(=O)C(C)C. The van der Waals surface area contributed by atoms with E-state index in [9.17, 15) is 4.79 Å². The van der Waals surface area contributed by atoms with E-state index in [0.717, 1.165) is 13.1 Å². The molecule has 0 aliphatic carbocycles. The van der Waals surface area contributed by atoms with Gasteiger partial charge in [0.2, 0.25) is 5.91 Å². The van der Waals surface area contributed by atoms with Gasteiger partial charge < -0.3 is 4.90 Å². The van der Waals surface area contributed by atoms with Crippen LogP contribution in [0, 0.1) is 5.92 Å². The van der Waals surface area contributed by atoms with Gasteiger partial charge in [0.15, 0.2) is 0 Å². The highest BCUT2D eigenvalue weighted by molar-refractivity contribution is 5.78. The van der Waals surface area contributed by atoms with E-state index in [2.05, 4.69) is 13.8 Å². The summed E-state index contributed by atoms with van der Waals surface area (Å²) in [4.78, 5) is 13.9. The number of hydrogen-bond acceptors (Lipinski definition) is 1. The summed E-state index contributed by atoms with van der Waals surface area (Å²) >= 11 is 0. The van der Waals surface area contributed by atoms with Crippen molar-refractivity contribution in [2.75, 3.05) is 13.1 Å². The Labute approximate surface area is 127 Å². The Morgan fingerprint density at radius 2 is 1.25 bits per heavy atom. The summed E-state index contributed by atoms with van der Waals surface area (Å²) in [6, 6.07) is 0. The minimum Gasteiger partial charge on any atom is -0.343 e. The first-order valence-electron chi connectivity index (χ1n) is 8.92. The second kappa shape index (κ2) is 13.5. The zero-order valence-corrected chi connectivity index (χ0v) is 14.4. The molecule has 0 aromatic carbocycles. The summed E-state index contributed by atoms with van der Waals surface area (Å²) in [5.74, 6) is 0.446. The van der Waals surface area contributed by atoms with E-state index in [1.54, 1.807) is 0 Å². The molecular weight excluding hydrogens is 246 g/mol. The summed E-state index contributed by atoms with van der Waals surface area (Å²) in [5.41, 5.74) is 0. The van der Waals surface area contributed by atoms with Crippen molar-refractivity contribution >= 4 is 5.91 Å². The molecule has 0 aromatic rings. The lowest BCUT2D eigenvalue weighted by Gasteiger charge is -2.22. The van der Waals surface area contributed by atoms with Crippen molar-refractivity contribution in [3.05, 3.63) is 0 Å². The van der Waals surface area contributed by atoms with Crippen LogP contribution >= 0.6 is 0 Å². The van der Waals surface area contributed by atoms with Gasteiger partial charge in [0.05, 0.1) is 0 Å². The Hall–Kier alpha value is -0.530. The quantitative estimate of drug-likeness (QED) is 0.414. The minimum atomic E-state index is 0.137. The van der Waals surface area contributed by atoms with Gasteiger partial charge in [-0.15, -0.1) is 0 Å². The van der Waals surface area contributed by atoms with Crippen molar-refractivity contribution in [2.24, 2.45) is 5.92 Å². The van der Waals surface area contributed by atoms with Gasteiger partial charge in [-0.05, 0) is 13.3 Å². The number of rotatable bonds is 13. The van der Waals surface area contributed by atoms with Crippen molar-refractivity contribution in [1.82, 2.24) is 4.90 Å². The molecule has 0 radical (unpaired) electrons. The molecule has 0 spiro atoms. The highest BCUT2D eigenvalue weighted by Gasteiger charge is 2.14. The van der Waals surface area contributed by atoms with Crippen LogP contribution in [0.2, 0.25) is 0 Å². The molecule has 0 rings (SSSR count). The summed E-state index contributed by atoms with van der Waals surface area (Å²) < 4.78 is 0. The molecule has 0 saturated heterocycles. The largest absolute Gasteiger partial charge is 0.343 e. The van der Waals surface area contributed by atoms with Crippen LogP contribution in [-0.2, 0) is 4.79 Å². The summed E-state index contributed by atoms with van der Waals surface area (Å²) in [6.45, 7) is 10.1. The van der Waals surface area contributed by atoms with Gasteiger partial charge >= 0.3 is 0 Å². The van der Waals surface area contributed by atoms with Crippen molar-refractivity contribution in [3.63, 3.8) is 0 Å². The third-order valence-corrected chi connectivity index (χ3v) is 3.97. The Balaban J connectivity index is 3.40. The van der Waals surface area contributed by atoms with Crippen LogP contribution in [0.4, 0.5) is 0 Å². The van der Waals surface area contributed by atoms with Crippen molar-refractivity contribution in [1.29, 1.82) is 0 Å². The smallest absolute Gasteiger partial charge is 0.225 e. The van der Waals surface area contributed by atoms with Crippen molar-refractivity contribution < 1.29 is 4.79 Å². The van der Waals surface area contributed by atoms with Crippen LogP contribution < -0.4 is 0 Å². The number of unbranched alkanes of at least 4 members (excludes halogenated alkanes) is 9. The molecule has 120 valence electrons. The zero-order valence-electron chi connectivity index (χ0n) is 14.4. The van der Waals surface area contributed by atoms with Gasteiger partial charge in [-0.3, -0.25) is 4.79 Å². The molecule has 0 N–H and O–H groups in total.